The van der Waals surface area contributed by atoms with Crippen molar-refractivity contribution in [2.45, 2.75) is 25.0 Å². The first-order chi connectivity index (χ1) is 7.64. The fraction of sp³-hybridized carbons (Fsp3) is 0.800. The lowest BCUT2D eigenvalue weighted by atomic mass is 9.90. The summed E-state index contributed by atoms with van der Waals surface area (Å²) in [6.07, 6.45) is 4.29. The molecule has 0 bridgehead atoms. The summed E-state index contributed by atoms with van der Waals surface area (Å²) in [5.74, 6) is -0.166. The van der Waals surface area contributed by atoms with Crippen LogP contribution in [-0.4, -0.2) is 50.5 Å². The summed E-state index contributed by atoms with van der Waals surface area (Å²) in [6.45, 7) is 5.32. The Morgan fingerprint density at radius 2 is 2.00 bits per heavy atom. The van der Waals surface area contributed by atoms with Crippen LogP contribution in [0.15, 0.2) is 5.16 Å². The molecule has 0 aliphatic rings. The van der Waals surface area contributed by atoms with Crippen LogP contribution in [0.3, 0.4) is 0 Å². The van der Waals surface area contributed by atoms with E-state index in [4.69, 9.17) is 5.21 Å². The smallest absolute Gasteiger partial charge is 0.305 e. The first-order valence-electron chi connectivity index (χ1n) is 4.98. The average Bonchev–Trinajstić information content (AvgIpc) is 2.17. The van der Waals surface area contributed by atoms with E-state index in [1.807, 2.05) is 0 Å². The number of carbonyl (C=O) groups is 1. The molecule has 0 spiro atoms. The van der Waals surface area contributed by atoms with Gasteiger partial charge in [0.15, 0.2) is 0 Å². The van der Waals surface area contributed by atoms with E-state index in [2.05, 4.69) is 5.16 Å². The lowest BCUT2D eigenvalue weighted by Crippen LogP contribution is -2.58. The summed E-state index contributed by atoms with van der Waals surface area (Å²) in [4.78, 5) is 13.9. The molecule has 0 aliphatic heterocycles. The van der Waals surface area contributed by atoms with Gasteiger partial charge in [-0.05, 0) is 17.4 Å². The van der Waals surface area contributed by atoms with Crippen LogP contribution in [-0.2, 0) is 16.0 Å². The van der Waals surface area contributed by atoms with E-state index < -0.39 is 20.8 Å². The number of oxime groups is 1. The highest BCUT2D eigenvalue weighted by Gasteiger charge is 2.54. The quantitative estimate of drug-likeness (QED) is 0.205. The number of nitrogens with zero attached hydrogens (tertiary/aromatic N) is 2. The summed E-state index contributed by atoms with van der Waals surface area (Å²) in [5, 5.41) is 11.5. The molecule has 0 saturated carbocycles. The molecular weight excluding hydrogens is 260 g/mol. The van der Waals surface area contributed by atoms with Crippen LogP contribution in [0.25, 0.3) is 0 Å². The van der Waals surface area contributed by atoms with Crippen LogP contribution < -0.4 is 0 Å². The highest BCUT2D eigenvalue weighted by atomic mass is 32.3. The van der Waals surface area contributed by atoms with Crippen molar-refractivity contribution in [2.24, 2.45) is 10.6 Å². The second-order valence-corrected chi connectivity index (χ2v) is 7.42. The minimum Gasteiger partial charge on any atom is -0.614 e. The summed E-state index contributed by atoms with van der Waals surface area (Å²) in [6, 6.07) is 0. The molecule has 2 unspecified atom stereocenters. The molecule has 0 aliphatic carbocycles. The van der Waals surface area contributed by atoms with Gasteiger partial charge in [-0.15, -0.1) is 0 Å². The molecule has 0 fully saturated rings. The Morgan fingerprint density at radius 1 is 1.53 bits per heavy atom. The van der Waals surface area contributed by atoms with Crippen LogP contribution in [0.5, 0.6) is 0 Å². The van der Waals surface area contributed by atoms with E-state index in [0.29, 0.717) is 0 Å². The van der Waals surface area contributed by atoms with Crippen molar-refractivity contribution in [2.75, 3.05) is 19.6 Å². The number of Topliss-reactive ketones (excluding diaryl/α,β-unsaturated/α-hetero) is 1. The number of likely N-dealkylation sites (N-methyl/N-ethyl adjacent to an activating group) is 1. The normalized spacial score (nSPS) is 17.8. The van der Waals surface area contributed by atoms with Gasteiger partial charge in [-0.3, -0.25) is 4.79 Å². The van der Waals surface area contributed by atoms with Crippen molar-refractivity contribution >= 4 is 35.1 Å². The number of ketones is 1. The zero-order valence-corrected chi connectivity index (χ0v) is 12.7. The van der Waals surface area contributed by atoms with E-state index in [9.17, 15) is 9.35 Å². The Bertz CT molecular complexity index is 302. The molecule has 17 heavy (non-hydrogen) atoms. The number of hydrogen-bond donors (Lipinski definition) is 1. The van der Waals surface area contributed by atoms with Gasteiger partial charge in [0, 0.05) is 12.5 Å². The first kappa shape index (κ1) is 16.6. The Kier molecular flexibility index (Phi) is 5.83. The van der Waals surface area contributed by atoms with E-state index >= 15 is 0 Å². The average molecular weight is 280 g/mol. The third-order valence-corrected chi connectivity index (χ3v) is 5.81. The molecule has 7 heteroatoms. The SMILES string of the molecule is CSC(C(=O)C(C)(C)C)(N(C)C=NO)[S+](C)[O-]. The van der Waals surface area contributed by atoms with Gasteiger partial charge in [0.2, 0.25) is 5.78 Å². The summed E-state index contributed by atoms with van der Waals surface area (Å²) < 4.78 is 10.8. The molecule has 0 saturated heterocycles. The van der Waals surface area contributed by atoms with E-state index in [1.54, 1.807) is 34.1 Å². The van der Waals surface area contributed by atoms with E-state index in [-0.39, 0.29) is 5.78 Å². The van der Waals surface area contributed by atoms with Gasteiger partial charge in [-0.25, -0.2) is 0 Å². The predicted molar refractivity (Wildman–Crippen MR) is 72.8 cm³/mol. The van der Waals surface area contributed by atoms with Crippen molar-refractivity contribution in [1.82, 2.24) is 4.90 Å². The number of hydrogen-bond acceptors (Lipinski definition) is 5. The van der Waals surface area contributed by atoms with Gasteiger partial charge in [-0.1, -0.05) is 37.7 Å². The molecule has 5 nitrogen and oxygen atoms in total. The highest BCUT2D eigenvalue weighted by Crippen LogP contribution is 2.38. The zero-order chi connectivity index (χ0) is 13.9. The largest absolute Gasteiger partial charge is 0.614 e. The summed E-state index contributed by atoms with van der Waals surface area (Å²) in [7, 11) is 1.57. The minimum absolute atomic E-state index is 0.166. The number of rotatable bonds is 5. The molecule has 0 heterocycles. The molecule has 0 radical (unpaired) electrons. The van der Waals surface area contributed by atoms with Crippen molar-refractivity contribution in [3.63, 3.8) is 0 Å². The Morgan fingerprint density at radius 3 is 2.24 bits per heavy atom. The third kappa shape index (κ3) is 3.29. The second kappa shape index (κ2) is 5.97. The number of thioether (sulfide) groups is 1. The van der Waals surface area contributed by atoms with Crippen LogP contribution in [0, 0.1) is 5.41 Å². The van der Waals surface area contributed by atoms with Gasteiger partial charge in [-0.2, -0.15) is 0 Å². The van der Waals surface area contributed by atoms with Crippen LogP contribution in [0.4, 0.5) is 0 Å². The maximum absolute atomic E-state index is 12.5. The minimum atomic E-state index is -1.43. The molecule has 0 rings (SSSR count). The van der Waals surface area contributed by atoms with Gasteiger partial charge in [0.1, 0.15) is 6.34 Å². The topological polar surface area (TPSA) is 76.0 Å². The molecule has 100 valence electrons. The van der Waals surface area contributed by atoms with Crippen molar-refractivity contribution in [3.05, 3.63) is 0 Å². The van der Waals surface area contributed by atoms with Crippen LogP contribution in [0.1, 0.15) is 20.8 Å². The Hall–Kier alpha value is -0.400. The van der Waals surface area contributed by atoms with Crippen molar-refractivity contribution < 1.29 is 14.6 Å². The van der Waals surface area contributed by atoms with Gasteiger partial charge in [0.05, 0.1) is 6.26 Å². The van der Waals surface area contributed by atoms with Crippen molar-refractivity contribution in [1.29, 1.82) is 0 Å². The zero-order valence-electron chi connectivity index (χ0n) is 11.1. The molecule has 0 aromatic rings. The molecular formula is C10H20N2O3S2. The fourth-order valence-corrected chi connectivity index (χ4v) is 4.26. The molecule has 0 aromatic heterocycles. The fourth-order valence-electron chi connectivity index (χ4n) is 1.47. The van der Waals surface area contributed by atoms with Crippen LogP contribution >= 0.6 is 11.8 Å². The van der Waals surface area contributed by atoms with Crippen molar-refractivity contribution in [3.8, 4) is 0 Å². The molecule has 0 aromatic carbocycles. The molecule has 1 N–H and O–H groups in total. The first-order valence-corrected chi connectivity index (χ1v) is 7.77. The molecule has 0 amide bonds. The second-order valence-electron chi connectivity index (χ2n) is 4.66. The van der Waals surface area contributed by atoms with Gasteiger partial charge >= 0.3 is 4.20 Å². The number of carbonyl (C=O) groups excluding carboxylic acids is 1. The summed E-state index contributed by atoms with van der Waals surface area (Å²) in [5.41, 5.74) is -0.633. The lowest BCUT2D eigenvalue weighted by molar-refractivity contribution is -0.128. The van der Waals surface area contributed by atoms with E-state index in [0.717, 1.165) is 6.34 Å². The molecule has 2 atom stereocenters. The van der Waals surface area contributed by atoms with Crippen LogP contribution in [0.2, 0.25) is 0 Å². The monoisotopic (exact) mass is 280 g/mol. The third-order valence-electron chi connectivity index (χ3n) is 2.32. The Balaban J connectivity index is 5.61. The maximum Gasteiger partial charge on any atom is 0.305 e. The van der Waals surface area contributed by atoms with Gasteiger partial charge < -0.3 is 14.7 Å². The lowest BCUT2D eigenvalue weighted by Gasteiger charge is -2.39. The Labute approximate surface area is 110 Å². The maximum atomic E-state index is 12.5. The van der Waals surface area contributed by atoms with Gasteiger partial charge in [0.25, 0.3) is 0 Å². The summed E-state index contributed by atoms with van der Waals surface area (Å²) >= 11 is -0.251. The standard InChI is InChI=1S/C10H20N2O3S2/c1-9(2,3)8(13)10(16-5,17(6)15)12(4)7-11-14/h7,14H,1-6H3. The predicted octanol–water partition coefficient (Wildman–Crippen LogP) is 1.35. The van der Waals surface area contributed by atoms with E-state index in [1.165, 1.54) is 22.9 Å². The highest BCUT2D eigenvalue weighted by molar-refractivity contribution is 8.15.